The van der Waals surface area contributed by atoms with Gasteiger partial charge in [0.2, 0.25) is 0 Å². The van der Waals surface area contributed by atoms with E-state index in [2.05, 4.69) is 0 Å². The molecule has 0 aromatic rings. The van der Waals surface area contributed by atoms with Crippen LogP contribution in [-0.4, -0.2) is 78.0 Å². The first-order valence-corrected chi connectivity index (χ1v) is 6.03. The van der Waals surface area contributed by atoms with Crippen LogP contribution in [0.1, 0.15) is 12.8 Å². The highest BCUT2D eigenvalue weighted by Gasteiger charge is 2.12. The molecule has 0 heterocycles. The summed E-state index contributed by atoms with van der Waals surface area (Å²) in [7, 11) is 0. The second-order valence-corrected chi connectivity index (χ2v) is 3.55. The summed E-state index contributed by atoms with van der Waals surface area (Å²) in [5.41, 5.74) is 5.00. The molecule has 0 amide bonds. The van der Waals surface area contributed by atoms with E-state index < -0.39 is 18.0 Å². The third-order valence-corrected chi connectivity index (χ3v) is 1.83. The molecule has 0 saturated heterocycles. The SMILES string of the molecule is NC(CCC(=O)O)C(=O)O.OCCOCCOCCO. The van der Waals surface area contributed by atoms with Crippen LogP contribution in [0, 0.1) is 0 Å². The van der Waals surface area contributed by atoms with Gasteiger partial charge >= 0.3 is 11.9 Å². The van der Waals surface area contributed by atoms with E-state index in [-0.39, 0.29) is 26.1 Å². The van der Waals surface area contributed by atoms with Crippen molar-refractivity contribution in [2.45, 2.75) is 18.9 Å². The summed E-state index contributed by atoms with van der Waals surface area (Å²) in [4.78, 5) is 19.9. The van der Waals surface area contributed by atoms with Gasteiger partial charge in [-0.2, -0.15) is 0 Å². The normalized spacial score (nSPS) is 11.3. The zero-order chi connectivity index (χ0) is 15.8. The maximum atomic E-state index is 9.99. The van der Waals surface area contributed by atoms with Crippen molar-refractivity contribution < 1.29 is 39.5 Å². The van der Waals surface area contributed by atoms with E-state index in [9.17, 15) is 9.59 Å². The van der Waals surface area contributed by atoms with Crippen molar-refractivity contribution in [1.82, 2.24) is 0 Å². The summed E-state index contributed by atoms with van der Waals surface area (Å²) in [6.45, 7) is 1.73. The van der Waals surface area contributed by atoms with Crippen molar-refractivity contribution in [3.63, 3.8) is 0 Å². The Morgan fingerprint density at radius 1 is 0.950 bits per heavy atom. The van der Waals surface area contributed by atoms with Gasteiger partial charge in [0.15, 0.2) is 0 Å². The Hall–Kier alpha value is -1.26. The molecule has 6 N–H and O–H groups in total. The Labute approximate surface area is 116 Å². The van der Waals surface area contributed by atoms with Gasteiger partial charge in [-0.1, -0.05) is 0 Å². The number of carboxylic acids is 2. The summed E-state index contributed by atoms with van der Waals surface area (Å²) in [5.74, 6) is -2.20. The molecule has 20 heavy (non-hydrogen) atoms. The highest BCUT2D eigenvalue weighted by Crippen LogP contribution is 1.93. The first kappa shape index (κ1) is 21.0. The minimum absolute atomic E-state index is 0.0231. The van der Waals surface area contributed by atoms with Gasteiger partial charge in [-0.25, -0.2) is 0 Å². The number of aliphatic hydroxyl groups is 2. The first-order chi connectivity index (χ1) is 9.45. The predicted octanol–water partition coefficient (Wildman–Crippen LogP) is -1.73. The Balaban J connectivity index is 0. The molecule has 1 unspecified atom stereocenters. The number of carboxylic acid groups (broad SMARTS) is 2. The van der Waals surface area contributed by atoms with E-state index >= 15 is 0 Å². The van der Waals surface area contributed by atoms with E-state index in [0.717, 1.165) is 0 Å². The number of hydrogen-bond donors (Lipinski definition) is 5. The number of nitrogens with two attached hydrogens (primary N) is 1. The zero-order valence-electron chi connectivity index (χ0n) is 11.2. The minimum atomic E-state index is -1.17. The van der Waals surface area contributed by atoms with E-state index in [1.54, 1.807) is 0 Å². The molecule has 0 aliphatic heterocycles. The smallest absolute Gasteiger partial charge is 0.320 e. The van der Waals surface area contributed by atoms with Crippen LogP contribution in [0.4, 0.5) is 0 Å². The molecule has 0 rings (SSSR count). The van der Waals surface area contributed by atoms with Gasteiger partial charge in [-0.15, -0.1) is 0 Å². The Morgan fingerprint density at radius 2 is 1.40 bits per heavy atom. The first-order valence-electron chi connectivity index (χ1n) is 6.03. The summed E-state index contributed by atoms with van der Waals surface area (Å²) >= 11 is 0. The molecule has 0 aromatic carbocycles. The maximum Gasteiger partial charge on any atom is 0.320 e. The summed E-state index contributed by atoms with van der Waals surface area (Å²) < 4.78 is 9.75. The van der Waals surface area contributed by atoms with Gasteiger partial charge in [0.1, 0.15) is 6.04 Å². The van der Waals surface area contributed by atoms with Crippen LogP contribution >= 0.6 is 0 Å². The third kappa shape index (κ3) is 19.1. The molecular weight excluding hydrogens is 274 g/mol. The van der Waals surface area contributed by atoms with Gasteiger partial charge in [-0.3, -0.25) is 9.59 Å². The lowest BCUT2D eigenvalue weighted by Gasteiger charge is -2.01. The number of aliphatic carboxylic acids is 2. The molecule has 0 aliphatic carbocycles. The average Bonchev–Trinajstić information content (AvgIpc) is 2.40. The standard InChI is InChI=1S/C6H14O4.C5H9NO4/c7-1-3-9-5-6-10-4-2-8;6-3(5(9)10)1-2-4(7)8/h7-8H,1-6H2;3H,1-2,6H2,(H,7,8)(H,9,10). The summed E-state index contributed by atoms with van der Waals surface area (Å²) in [5, 5.41) is 32.8. The van der Waals surface area contributed by atoms with Crippen LogP contribution in [-0.2, 0) is 19.1 Å². The van der Waals surface area contributed by atoms with Gasteiger partial charge in [0, 0.05) is 6.42 Å². The number of hydrogen-bond acceptors (Lipinski definition) is 7. The molecular formula is C11H23NO8. The minimum Gasteiger partial charge on any atom is -0.481 e. The second-order valence-electron chi connectivity index (χ2n) is 3.55. The molecule has 0 saturated carbocycles. The molecule has 0 spiro atoms. The molecule has 1 atom stereocenters. The van der Waals surface area contributed by atoms with E-state index in [4.69, 9.17) is 35.6 Å². The lowest BCUT2D eigenvalue weighted by atomic mass is 10.2. The van der Waals surface area contributed by atoms with Crippen molar-refractivity contribution in [3.05, 3.63) is 0 Å². The zero-order valence-corrected chi connectivity index (χ0v) is 11.2. The van der Waals surface area contributed by atoms with Crippen LogP contribution in [0.15, 0.2) is 0 Å². The molecule has 120 valence electrons. The van der Waals surface area contributed by atoms with Crippen LogP contribution in [0.2, 0.25) is 0 Å². The van der Waals surface area contributed by atoms with Crippen molar-refractivity contribution in [2.75, 3.05) is 39.6 Å². The van der Waals surface area contributed by atoms with Crippen LogP contribution in [0.5, 0.6) is 0 Å². The van der Waals surface area contributed by atoms with E-state index in [1.165, 1.54) is 0 Å². The van der Waals surface area contributed by atoms with Gasteiger partial charge < -0.3 is 35.6 Å². The number of ether oxygens (including phenoxy) is 2. The molecule has 9 nitrogen and oxygen atoms in total. The Kier molecular flexibility index (Phi) is 16.6. The molecule has 0 radical (unpaired) electrons. The quantitative estimate of drug-likeness (QED) is 0.279. The summed E-state index contributed by atoms with van der Waals surface area (Å²) in [6, 6.07) is -1.06. The fraction of sp³-hybridized carbons (Fsp3) is 0.818. The van der Waals surface area contributed by atoms with Crippen molar-refractivity contribution in [1.29, 1.82) is 0 Å². The van der Waals surface area contributed by atoms with Gasteiger partial charge in [-0.05, 0) is 6.42 Å². The Bertz CT molecular complexity index is 241. The fourth-order valence-corrected chi connectivity index (χ4v) is 0.854. The molecule has 9 heteroatoms. The molecule has 0 aromatic heterocycles. The van der Waals surface area contributed by atoms with Gasteiger partial charge in [0.25, 0.3) is 0 Å². The summed E-state index contributed by atoms with van der Waals surface area (Å²) in [6.07, 6.45) is -0.224. The highest BCUT2D eigenvalue weighted by atomic mass is 16.5. The van der Waals surface area contributed by atoms with Crippen LogP contribution in [0.25, 0.3) is 0 Å². The number of carbonyl (C=O) groups is 2. The third-order valence-electron chi connectivity index (χ3n) is 1.83. The van der Waals surface area contributed by atoms with E-state index in [0.29, 0.717) is 26.4 Å². The van der Waals surface area contributed by atoms with Crippen molar-refractivity contribution in [2.24, 2.45) is 5.73 Å². The fourth-order valence-electron chi connectivity index (χ4n) is 0.854. The molecule has 0 aliphatic rings. The largest absolute Gasteiger partial charge is 0.481 e. The van der Waals surface area contributed by atoms with E-state index in [1.807, 2.05) is 0 Å². The van der Waals surface area contributed by atoms with Crippen molar-refractivity contribution >= 4 is 11.9 Å². The van der Waals surface area contributed by atoms with Crippen molar-refractivity contribution in [3.8, 4) is 0 Å². The predicted molar refractivity (Wildman–Crippen MR) is 68.3 cm³/mol. The van der Waals surface area contributed by atoms with Crippen LogP contribution in [0.3, 0.4) is 0 Å². The lowest BCUT2D eigenvalue weighted by molar-refractivity contribution is -0.139. The number of rotatable bonds is 11. The highest BCUT2D eigenvalue weighted by molar-refractivity contribution is 5.74. The van der Waals surface area contributed by atoms with Crippen LogP contribution < -0.4 is 5.73 Å². The lowest BCUT2D eigenvalue weighted by Crippen LogP contribution is -2.30. The monoisotopic (exact) mass is 297 g/mol. The van der Waals surface area contributed by atoms with Gasteiger partial charge in [0.05, 0.1) is 39.6 Å². The topological polar surface area (TPSA) is 160 Å². The molecule has 0 fully saturated rings. The average molecular weight is 297 g/mol. The Morgan fingerprint density at radius 3 is 1.70 bits per heavy atom. The number of aliphatic hydroxyl groups excluding tert-OH is 2. The molecule has 0 bridgehead atoms. The second kappa shape index (κ2) is 15.8. The maximum absolute atomic E-state index is 9.99.